The van der Waals surface area contributed by atoms with Crippen molar-refractivity contribution < 1.29 is 0 Å². The molecule has 3 heterocycles. The second-order valence-corrected chi connectivity index (χ2v) is 6.36. The molecule has 0 bridgehead atoms. The quantitative estimate of drug-likeness (QED) is 0.783. The Labute approximate surface area is 112 Å². The Morgan fingerprint density at radius 3 is 3.00 bits per heavy atom. The van der Waals surface area contributed by atoms with E-state index in [4.69, 9.17) is 11.6 Å². The SMILES string of the molecule is CC1(C)CCCN(c2cc(Cl)cn3cncc23)C1. The Kier molecular flexibility index (Phi) is 2.74. The summed E-state index contributed by atoms with van der Waals surface area (Å²) in [6.07, 6.45) is 8.15. The highest BCUT2D eigenvalue weighted by Gasteiger charge is 2.27. The van der Waals surface area contributed by atoms with E-state index in [-0.39, 0.29) is 0 Å². The molecule has 3 rings (SSSR count). The van der Waals surface area contributed by atoms with Crippen molar-refractivity contribution in [3.63, 3.8) is 0 Å². The lowest BCUT2D eigenvalue weighted by Gasteiger charge is -2.39. The van der Waals surface area contributed by atoms with Crippen LogP contribution in [0.3, 0.4) is 0 Å². The number of anilines is 1. The molecule has 1 saturated heterocycles. The van der Waals surface area contributed by atoms with Crippen LogP contribution >= 0.6 is 11.6 Å². The van der Waals surface area contributed by atoms with E-state index in [1.165, 1.54) is 18.5 Å². The highest BCUT2D eigenvalue weighted by molar-refractivity contribution is 6.30. The minimum atomic E-state index is 0.373. The molecule has 1 fully saturated rings. The first-order valence-corrected chi connectivity index (χ1v) is 6.79. The van der Waals surface area contributed by atoms with E-state index in [9.17, 15) is 0 Å². The molecule has 4 heteroatoms. The lowest BCUT2D eigenvalue weighted by Crippen LogP contribution is -2.40. The molecule has 0 radical (unpaired) electrons. The van der Waals surface area contributed by atoms with Crippen LogP contribution < -0.4 is 4.90 Å². The summed E-state index contributed by atoms with van der Waals surface area (Å²) in [6, 6.07) is 2.06. The third-order valence-corrected chi connectivity index (χ3v) is 3.91. The van der Waals surface area contributed by atoms with Gasteiger partial charge in [-0.2, -0.15) is 0 Å². The van der Waals surface area contributed by atoms with Gasteiger partial charge in [-0.05, 0) is 24.3 Å². The molecular weight excluding hydrogens is 246 g/mol. The number of aromatic nitrogens is 2. The molecule has 0 aromatic carbocycles. The van der Waals surface area contributed by atoms with E-state index in [0.717, 1.165) is 23.6 Å². The number of rotatable bonds is 1. The molecule has 2 aromatic rings. The molecule has 18 heavy (non-hydrogen) atoms. The third-order valence-electron chi connectivity index (χ3n) is 3.71. The van der Waals surface area contributed by atoms with Gasteiger partial charge in [-0.15, -0.1) is 0 Å². The van der Waals surface area contributed by atoms with Gasteiger partial charge in [0.1, 0.15) is 0 Å². The van der Waals surface area contributed by atoms with Crippen molar-refractivity contribution in [3.8, 4) is 0 Å². The maximum atomic E-state index is 6.20. The second-order valence-electron chi connectivity index (χ2n) is 5.92. The molecular formula is C14H18ClN3. The standard InChI is InChI=1S/C14H18ClN3/c1-14(2)4-3-5-17(9-14)12-6-11(15)8-18-10-16-7-13(12)18/h6-8,10H,3-5,9H2,1-2H3. The van der Waals surface area contributed by atoms with E-state index < -0.39 is 0 Å². The normalized spacial score (nSPS) is 19.4. The van der Waals surface area contributed by atoms with Gasteiger partial charge in [-0.1, -0.05) is 25.4 Å². The van der Waals surface area contributed by atoms with Crippen LogP contribution in [0.15, 0.2) is 24.8 Å². The summed E-state index contributed by atoms with van der Waals surface area (Å²) in [5, 5.41) is 0.763. The smallest absolute Gasteiger partial charge is 0.0993 e. The molecule has 2 aromatic heterocycles. The first-order chi connectivity index (χ1) is 8.55. The summed E-state index contributed by atoms with van der Waals surface area (Å²) < 4.78 is 2.00. The van der Waals surface area contributed by atoms with Crippen molar-refractivity contribution in [2.45, 2.75) is 26.7 Å². The molecule has 1 aliphatic heterocycles. The summed E-state index contributed by atoms with van der Waals surface area (Å²) in [7, 11) is 0. The number of hydrogen-bond donors (Lipinski definition) is 0. The van der Waals surface area contributed by atoms with Gasteiger partial charge >= 0.3 is 0 Å². The first-order valence-electron chi connectivity index (χ1n) is 6.41. The lowest BCUT2D eigenvalue weighted by molar-refractivity contribution is 0.293. The predicted octanol–water partition coefficient (Wildman–Crippen LogP) is 3.61. The van der Waals surface area contributed by atoms with Crippen molar-refractivity contribution in [2.24, 2.45) is 5.41 Å². The average molecular weight is 264 g/mol. The van der Waals surface area contributed by atoms with E-state index >= 15 is 0 Å². The molecule has 0 unspecified atom stereocenters. The predicted molar refractivity (Wildman–Crippen MR) is 75.4 cm³/mol. The van der Waals surface area contributed by atoms with Crippen molar-refractivity contribution in [1.82, 2.24) is 9.38 Å². The summed E-state index contributed by atoms with van der Waals surface area (Å²) in [6.45, 7) is 6.84. The number of hydrogen-bond acceptors (Lipinski definition) is 2. The molecule has 3 nitrogen and oxygen atoms in total. The Morgan fingerprint density at radius 1 is 1.39 bits per heavy atom. The van der Waals surface area contributed by atoms with Gasteiger partial charge in [0.15, 0.2) is 0 Å². The number of fused-ring (bicyclic) bond motifs is 1. The first kappa shape index (κ1) is 11.8. The second kappa shape index (κ2) is 4.16. The van der Waals surface area contributed by atoms with Gasteiger partial charge in [-0.25, -0.2) is 4.98 Å². The van der Waals surface area contributed by atoms with Crippen molar-refractivity contribution in [3.05, 3.63) is 29.8 Å². The Morgan fingerprint density at radius 2 is 2.22 bits per heavy atom. The fourth-order valence-electron chi connectivity index (χ4n) is 2.86. The fourth-order valence-corrected chi connectivity index (χ4v) is 3.07. The number of imidazole rings is 1. The number of halogens is 1. The van der Waals surface area contributed by atoms with Crippen LogP contribution in [-0.4, -0.2) is 22.5 Å². The molecule has 0 aliphatic carbocycles. The van der Waals surface area contributed by atoms with E-state index in [0.29, 0.717) is 5.41 Å². The van der Waals surface area contributed by atoms with Crippen LogP contribution in [0.2, 0.25) is 5.02 Å². The summed E-state index contributed by atoms with van der Waals surface area (Å²) >= 11 is 6.20. The zero-order chi connectivity index (χ0) is 12.8. The number of piperidine rings is 1. The highest BCUT2D eigenvalue weighted by atomic mass is 35.5. The fraction of sp³-hybridized carbons (Fsp3) is 0.500. The maximum Gasteiger partial charge on any atom is 0.0993 e. The Balaban J connectivity index is 2.05. The molecule has 0 saturated carbocycles. The van der Waals surface area contributed by atoms with Crippen LogP contribution in [0.25, 0.3) is 5.52 Å². The van der Waals surface area contributed by atoms with Gasteiger partial charge in [0.2, 0.25) is 0 Å². The molecule has 0 atom stereocenters. The van der Waals surface area contributed by atoms with Crippen LogP contribution in [0.4, 0.5) is 5.69 Å². The topological polar surface area (TPSA) is 20.5 Å². The molecule has 0 N–H and O–H groups in total. The number of nitrogens with zero attached hydrogens (tertiary/aromatic N) is 3. The maximum absolute atomic E-state index is 6.20. The van der Waals surface area contributed by atoms with Crippen molar-refractivity contribution in [1.29, 1.82) is 0 Å². The summed E-state index contributed by atoms with van der Waals surface area (Å²) in [4.78, 5) is 6.65. The summed E-state index contributed by atoms with van der Waals surface area (Å²) in [5.41, 5.74) is 2.71. The van der Waals surface area contributed by atoms with E-state index in [2.05, 4.69) is 29.8 Å². The largest absolute Gasteiger partial charge is 0.369 e. The van der Waals surface area contributed by atoms with Gasteiger partial charge in [0.05, 0.1) is 28.8 Å². The van der Waals surface area contributed by atoms with E-state index in [1.807, 2.05) is 16.8 Å². The highest BCUT2D eigenvalue weighted by Crippen LogP contribution is 2.34. The molecule has 96 valence electrons. The minimum absolute atomic E-state index is 0.373. The van der Waals surface area contributed by atoms with Crippen molar-refractivity contribution >= 4 is 22.8 Å². The van der Waals surface area contributed by atoms with Crippen LogP contribution in [0, 0.1) is 5.41 Å². The zero-order valence-corrected chi connectivity index (χ0v) is 11.6. The van der Waals surface area contributed by atoms with Crippen molar-refractivity contribution in [2.75, 3.05) is 18.0 Å². The minimum Gasteiger partial charge on any atom is -0.369 e. The van der Waals surface area contributed by atoms with Gasteiger partial charge in [0, 0.05) is 19.3 Å². The van der Waals surface area contributed by atoms with Crippen LogP contribution in [0.1, 0.15) is 26.7 Å². The monoisotopic (exact) mass is 263 g/mol. The Bertz CT molecular complexity index is 573. The molecule has 0 amide bonds. The van der Waals surface area contributed by atoms with Gasteiger partial charge in [0.25, 0.3) is 0 Å². The van der Waals surface area contributed by atoms with Gasteiger partial charge in [-0.3, -0.25) is 0 Å². The third kappa shape index (κ3) is 2.07. The number of pyridine rings is 1. The molecule has 0 spiro atoms. The van der Waals surface area contributed by atoms with Gasteiger partial charge < -0.3 is 9.30 Å². The Hall–Kier alpha value is -1.22. The lowest BCUT2D eigenvalue weighted by atomic mass is 9.84. The van der Waals surface area contributed by atoms with Crippen LogP contribution in [0.5, 0.6) is 0 Å². The zero-order valence-electron chi connectivity index (χ0n) is 10.9. The van der Waals surface area contributed by atoms with Crippen LogP contribution in [-0.2, 0) is 0 Å². The average Bonchev–Trinajstić information content (AvgIpc) is 2.74. The summed E-state index contributed by atoms with van der Waals surface area (Å²) in [5.74, 6) is 0. The van der Waals surface area contributed by atoms with E-state index in [1.54, 1.807) is 6.33 Å². The molecule has 1 aliphatic rings.